The van der Waals surface area contributed by atoms with Gasteiger partial charge in [-0.05, 0) is 36.4 Å². The van der Waals surface area contributed by atoms with E-state index in [0.717, 1.165) is 17.1 Å². The van der Waals surface area contributed by atoms with Gasteiger partial charge < -0.3 is 14.8 Å². The molecule has 7 heteroatoms. The molecule has 0 radical (unpaired) electrons. The van der Waals surface area contributed by atoms with Gasteiger partial charge >= 0.3 is 0 Å². The van der Waals surface area contributed by atoms with E-state index < -0.39 is 5.79 Å². The highest BCUT2D eigenvalue weighted by Crippen LogP contribution is 2.22. The number of aryl methyl sites for hydroxylation is 1. The van der Waals surface area contributed by atoms with Gasteiger partial charge in [0.1, 0.15) is 0 Å². The Labute approximate surface area is 123 Å². The van der Waals surface area contributed by atoms with E-state index in [0.29, 0.717) is 13.2 Å². The van der Waals surface area contributed by atoms with Crippen LogP contribution in [0.3, 0.4) is 0 Å². The number of anilines is 1. The fourth-order valence-electron chi connectivity index (χ4n) is 2.23. The van der Waals surface area contributed by atoms with E-state index in [-0.39, 0.29) is 6.04 Å². The molecular weight excluding hydrogens is 270 g/mol. The summed E-state index contributed by atoms with van der Waals surface area (Å²) in [6.07, 6.45) is 0. The highest BCUT2D eigenvalue weighted by molar-refractivity contribution is 5.62. The van der Waals surface area contributed by atoms with Crippen LogP contribution in [0.2, 0.25) is 0 Å². The second-order valence-electron chi connectivity index (χ2n) is 5.57. The van der Waals surface area contributed by atoms with Crippen LogP contribution in [0, 0.1) is 0 Å². The highest BCUT2D eigenvalue weighted by atomic mass is 16.7. The Morgan fingerprint density at radius 2 is 2.05 bits per heavy atom. The summed E-state index contributed by atoms with van der Waals surface area (Å²) in [5.41, 5.74) is 1.96. The molecule has 1 saturated heterocycles. The van der Waals surface area contributed by atoms with E-state index in [2.05, 4.69) is 20.8 Å². The molecule has 1 aliphatic heterocycles. The molecule has 1 aromatic carbocycles. The van der Waals surface area contributed by atoms with Gasteiger partial charge in [0.25, 0.3) is 0 Å². The van der Waals surface area contributed by atoms with Crippen LogP contribution >= 0.6 is 0 Å². The van der Waals surface area contributed by atoms with Crippen LogP contribution in [-0.4, -0.2) is 45.2 Å². The molecule has 0 saturated carbocycles. The maximum atomic E-state index is 5.65. The first-order valence-corrected chi connectivity index (χ1v) is 6.91. The number of nitrogens with zero attached hydrogens (tertiary/aromatic N) is 4. The van der Waals surface area contributed by atoms with Crippen molar-refractivity contribution in [1.29, 1.82) is 0 Å². The quantitative estimate of drug-likeness (QED) is 0.921. The van der Waals surface area contributed by atoms with Crippen LogP contribution < -0.4 is 5.32 Å². The summed E-state index contributed by atoms with van der Waals surface area (Å²) >= 11 is 0. The second kappa shape index (κ2) is 5.42. The van der Waals surface area contributed by atoms with Crippen molar-refractivity contribution in [1.82, 2.24) is 20.2 Å². The summed E-state index contributed by atoms with van der Waals surface area (Å²) in [7, 11) is 1.82. The fraction of sp³-hybridized carbons (Fsp3) is 0.500. The molecule has 0 aliphatic carbocycles. The van der Waals surface area contributed by atoms with Gasteiger partial charge in [0.15, 0.2) is 11.6 Å². The zero-order chi connectivity index (χ0) is 14.9. The third kappa shape index (κ3) is 3.20. The molecule has 112 valence electrons. The lowest BCUT2D eigenvalue weighted by Gasteiger charge is -2.35. The Morgan fingerprint density at radius 3 is 2.71 bits per heavy atom. The van der Waals surface area contributed by atoms with Gasteiger partial charge in [-0.2, -0.15) is 0 Å². The Bertz CT molecular complexity index is 615. The van der Waals surface area contributed by atoms with Crippen molar-refractivity contribution in [3.8, 4) is 11.4 Å². The normalized spacial score (nSPS) is 18.6. The van der Waals surface area contributed by atoms with Crippen LogP contribution in [0.1, 0.15) is 13.8 Å². The Kier molecular flexibility index (Phi) is 3.60. The summed E-state index contributed by atoms with van der Waals surface area (Å²) < 4.78 is 12.9. The van der Waals surface area contributed by atoms with Crippen LogP contribution in [-0.2, 0) is 16.5 Å². The Morgan fingerprint density at radius 1 is 1.29 bits per heavy atom. The van der Waals surface area contributed by atoms with Crippen molar-refractivity contribution < 1.29 is 9.47 Å². The van der Waals surface area contributed by atoms with Gasteiger partial charge in [0.2, 0.25) is 0 Å². The van der Waals surface area contributed by atoms with E-state index in [1.807, 2.05) is 45.2 Å². The number of benzene rings is 1. The first-order valence-electron chi connectivity index (χ1n) is 6.91. The van der Waals surface area contributed by atoms with Gasteiger partial charge in [-0.1, -0.05) is 12.1 Å². The fourth-order valence-corrected chi connectivity index (χ4v) is 2.23. The lowest BCUT2D eigenvalue weighted by atomic mass is 10.1. The lowest BCUT2D eigenvalue weighted by molar-refractivity contribution is -0.247. The SMILES string of the molecule is Cn1nnnc1-c1cccc(NC2COC(C)(C)OC2)c1. The monoisotopic (exact) mass is 289 g/mol. The molecule has 1 aromatic heterocycles. The lowest BCUT2D eigenvalue weighted by Crippen LogP contribution is -2.45. The largest absolute Gasteiger partial charge is 0.378 e. The van der Waals surface area contributed by atoms with E-state index in [9.17, 15) is 0 Å². The third-order valence-corrected chi connectivity index (χ3v) is 3.38. The predicted octanol–water partition coefficient (Wildman–Crippen LogP) is 1.44. The van der Waals surface area contributed by atoms with Gasteiger partial charge in [-0.3, -0.25) is 0 Å². The van der Waals surface area contributed by atoms with Gasteiger partial charge in [0, 0.05) is 18.3 Å². The molecular formula is C14H19N5O2. The smallest absolute Gasteiger partial charge is 0.181 e. The molecule has 3 rings (SSSR count). The van der Waals surface area contributed by atoms with E-state index in [1.54, 1.807) is 4.68 Å². The summed E-state index contributed by atoms with van der Waals surface area (Å²) in [5, 5.41) is 14.9. The first-order chi connectivity index (χ1) is 10.0. The van der Waals surface area contributed by atoms with Crippen molar-refractivity contribution in [2.45, 2.75) is 25.7 Å². The zero-order valence-electron chi connectivity index (χ0n) is 12.4. The molecule has 1 aliphatic rings. The number of hydrogen-bond donors (Lipinski definition) is 1. The summed E-state index contributed by atoms with van der Waals surface area (Å²) in [6, 6.07) is 8.11. The van der Waals surface area contributed by atoms with Crippen LogP contribution in [0.15, 0.2) is 24.3 Å². The highest BCUT2D eigenvalue weighted by Gasteiger charge is 2.28. The summed E-state index contributed by atoms with van der Waals surface area (Å²) in [6.45, 7) is 5.07. The standard InChI is InChI=1S/C14H19N5O2/c1-14(2)20-8-12(9-21-14)15-11-6-4-5-10(7-11)13-16-17-18-19(13)3/h4-7,12,15H,8-9H2,1-3H3. The molecule has 1 fully saturated rings. The van der Waals surface area contributed by atoms with E-state index in [4.69, 9.17) is 9.47 Å². The number of aromatic nitrogens is 4. The summed E-state index contributed by atoms with van der Waals surface area (Å²) in [4.78, 5) is 0. The maximum Gasteiger partial charge on any atom is 0.181 e. The minimum absolute atomic E-state index is 0.130. The zero-order valence-corrected chi connectivity index (χ0v) is 12.4. The molecule has 0 spiro atoms. The first kappa shape index (κ1) is 14.0. The number of ether oxygens (including phenoxy) is 2. The Hall–Kier alpha value is -1.99. The molecule has 0 atom stereocenters. The molecule has 2 heterocycles. The van der Waals surface area contributed by atoms with Gasteiger partial charge in [-0.25, -0.2) is 4.68 Å². The molecule has 0 bridgehead atoms. The minimum atomic E-state index is -0.496. The maximum absolute atomic E-state index is 5.65. The average Bonchev–Trinajstić information content (AvgIpc) is 2.88. The van der Waals surface area contributed by atoms with Crippen molar-refractivity contribution in [3.05, 3.63) is 24.3 Å². The molecule has 2 aromatic rings. The van der Waals surface area contributed by atoms with Gasteiger partial charge in [-0.15, -0.1) is 5.10 Å². The van der Waals surface area contributed by atoms with Crippen molar-refractivity contribution in [3.63, 3.8) is 0 Å². The van der Waals surface area contributed by atoms with Crippen molar-refractivity contribution in [2.75, 3.05) is 18.5 Å². The minimum Gasteiger partial charge on any atom is -0.378 e. The molecule has 21 heavy (non-hydrogen) atoms. The van der Waals surface area contributed by atoms with Crippen LogP contribution in [0.25, 0.3) is 11.4 Å². The average molecular weight is 289 g/mol. The predicted molar refractivity (Wildman–Crippen MR) is 77.6 cm³/mol. The number of rotatable bonds is 3. The molecule has 0 unspecified atom stereocenters. The van der Waals surface area contributed by atoms with Gasteiger partial charge in [0.05, 0.1) is 19.3 Å². The molecule has 1 N–H and O–H groups in total. The van der Waals surface area contributed by atoms with E-state index in [1.165, 1.54) is 0 Å². The van der Waals surface area contributed by atoms with E-state index >= 15 is 0 Å². The van der Waals surface area contributed by atoms with Crippen molar-refractivity contribution >= 4 is 5.69 Å². The van der Waals surface area contributed by atoms with Crippen molar-refractivity contribution in [2.24, 2.45) is 7.05 Å². The molecule has 0 amide bonds. The number of tetrazole rings is 1. The van der Waals surface area contributed by atoms with Crippen LogP contribution in [0.5, 0.6) is 0 Å². The number of nitrogens with one attached hydrogen (secondary N) is 1. The van der Waals surface area contributed by atoms with Crippen LogP contribution in [0.4, 0.5) is 5.69 Å². The Balaban J connectivity index is 1.71. The number of hydrogen-bond acceptors (Lipinski definition) is 6. The molecule has 7 nitrogen and oxygen atoms in total. The second-order valence-corrected chi connectivity index (χ2v) is 5.57. The topological polar surface area (TPSA) is 74.1 Å². The summed E-state index contributed by atoms with van der Waals surface area (Å²) in [5.74, 6) is 0.237. The third-order valence-electron chi connectivity index (χ3n) is 3.38.